The zero-order valence-corrected chi connectivity index (χ0v) is 10.2. The summed E-state index contributed by atoms with van der Waals surface area (Å²) < 4.78 is 43.5. The fourth-order valence-corrected chi connectivity index (χ4v) is 1.93. The van der Waals surface area contributed by atoms with E-state index < -0.39 is 11.7 Å². The first-order valence-corrected chi connectivity index (χ1v) is 5.98. The van der Waals surface area contributed by atoms with Crippen LogP contribution >= 0.6 is 0 Å². The molecule has 0 saturated carbocycles. The van der Waals surface area contributed by atoms with Crippen molar-refractivity contribution in [2.75, 3.05) is 30.8 Å². The number of alkyl halides is 3. The highest BCUT2D eigenvalue weighted by Crippen LogP contribution is 2.33. The first-order valence-electron chi connectivity index (χ1n) is 5.98. The molecule has 0 unspecified atom stereocenters. The molecule has 2 rings (SSSR count). The van der Waals surface area contributed by atoms with Crippen LogP contribution in [0.15, 0.2) is 6.20 Å². The quantitative estimate of drug-likeness (QED) is 0.882. The number of hydrogen-bond acceptors (Lipinski definition) is 5. The second kappa shape index (κ2) is 5.60. The third-order valence-electron chi connectivity index (χ3n) is 3.01. The van der Waals surface area contributed by atoms with Gasteiger partial charge in [0.05, 0.1) is 0 Å². The van der Waals surface area contributed by atoms with E-state index in [1.165, 1.54) is 0 Å². The van der Waals surface area contributed by atoms with Gasteiger partial charge < -0.3 is 15.8 Å². The molecule has 2 heterocycles. The van der Waals surface area contributed by atoms with Crippen molar-refractivity contribution in [2.45, 2.75) is 19.0 Å². The first kappa shape index (κ1) is 13.9. The second-order valence-electron chi connectivity index (χ2n) is 4.42. The Morgan fingerprint density at radius 1 is 1.37 bits per heavy atom. The summed E-state index contributed by atoms with van der Waals surface area (Å²) >= 11 is 0. The van der Waals surface area contributed by atoms with Crippen LogP contribution in [0.4, 0.5) is 24.9 Å². The summed E-state index contributed by atoms with van der Waals surface area (Å²) in [7, 11) is 0. The van der Waals surface area contributed by atoms with E-state index in [0.717, 1.165) is 12.8 Å². The maximum atomic E-state index is 12.8. The highest BCUT2D eigenvalue weighted by Gasteiger charge is 2.35. The van der Waals surface area contributed by atoms with Crippen molar-refractivity contribution in [3.63, 3.8) is 0 Å². The molecule has 106 valence electrons. The molecule has 0 bridgehead atoms. The third kappa shape index (κ3) is 3.69. The van der Waals surface area contributed by atoms with Crippen molar-refractivity contribution in [1.82, 2.24) is 9.97 Å². The van der Waals surface area contributed by atoms with Gasteiger partial charge in [-0.15, -0.1) is 0 Å². The van der Waals surface area contributed by atoms with Gasteiger partial charge in [0.15, 0.2) is 0 Å². The summed E-state index contributed by atoms with van der Waals surface area (Å²) in [6, 6.07) is 0. The van der Waals surface area contributed by atoms with Gasteiger partial charge in [0.2, 0.25) is 5.95 Å². The molecule has 1 saturated heterocycles. The first-order chi connectivity index (χ1) is 8.97. The lowest BCUT2D eigenvalue weighted by atomic mass is 10.0. The fraction of sp³-hybridized carbons (Fsp3) is 0.636. The highest BCUT2D eigenvalue weighted by molar-refractivity contribution is 5.47. The number of nitrogens with zero attached hydrogens (tertiary/aromatic N) is 2. The Kier molecular flexibility index (Phi) is 4.08. The second-order valence-corrected chi connectivity index (χ2v) is 4.42. The normalized spacial score (nSPS) is 17.4. The molecule has 8 heteroatoms. The van der Waals surface area contributed by atoms with Crippen LogP contribution in [0, 0.1) is 5.92 Å². The topological polar surface area (TPSA) is 73.1 Å². The molecule has 1 fully saturated rings. The van der Waals surface area contributed by atoms with Gasteiger partial charge in [0.1, 0.15) is 11.4 Å². The SMILES string of the molecule is Nc1ncc(C(F)(F)F)c(NCC2CCOCC2)n1. The van der Waals surface area contributed by atoms with Crippen molar-refractivity contribution in [2.24, 2.45) is 5.92 Å². The lowest BCUT2D eigenvalue weighted by Gasteiger charge is -2.23. The van der Waals surface area contributed by atoms with Crippen molar-refractivity contribution in [3.05, 3.63) is 11.8 Å². The molecule has 5 nitrogen and oxygen atoms in total. The number of nitrogens with one attached hydrogen (secondary N) is 1. The van der Waals surface area contributed by atoms with Crippen molar-refractivity contribution in [1.29, 1.82) is 0 Å². The molecule has 0 radical (unpaired) electrons. The Morgan fingerprint density at radius 3 is 2.68 bits per heavy atom. The molecule has 19 heavy (non-hydrogen) atoms. The Hall–Kier alpha value is -1.57. The van der Waals surface area contributed by atoms with Crippen LogP contribution in [0.1, 0.15) is 18.4 Å². The van der Waals surface area contributed by atoms with E-state index in [9.17, 15) is 13.2 Å². The lowest BCUT2D eigenvalue weighted by molar-refractivity contribution is -0.137. The predicted molar refractivity (Wildman–Crippen MR) is 63.5 cm³/mol. The van der Waals surface area contributed by atoms with Crippen molar-refractivity contribution < 1.29 is 17.9 Å². The molecule has 1 aliphatic heterocycles. The Balaban J connectivity index is 2.07. The van der Waals surface area contributed by atoms with Gasteiger partial charge in [-0.2, -0.15) is 18.2 Å². The molecular weight excluding hydrogens is 261 g/mol. The Bertz CT molecular complexity index is 432. The number of halogens is 3. The zero-order chi connectivity index (χ0) is 13.9. The van der Waals surface area contributed by atoms with E-state index in [0.29, 0.717) is 26.0 Å². The van der Waals surface area contributed by atoms with E-state index in [-0.39, 0.29) is 17.7 Å². The summed E-state index contributed by atoms with van der Waals surface area (Å²) in [5, 5.41) is 2.72. The van der Waals surface area contributed by atoms with Gasteiger partial charge in [-0.05, 0) is 18.8 Å². The summed E-state index contributed by atoms with van der Waals surface area (Å²) in [6.07, 6.45) is -2.13. The van der Waals surface area contributed by atoms with Crippen LogP contribution in [-0.2, 0) is 10.9 Å². The van der Waals surface area contributed by atoms with Crippen molar-refractivity contribution >= 4 is 11.8 Å². The predicted octanol–water partition coefficient (Wildman–Crippen LogP) is 1.92. The van der Waals surface area contributed by atoms with E-state index in [4.69, 9.17) is 10.5 Å². The van der Waals surface area contributed by atoms with Crippen LogP contribution in [0.5, 0.6) is 0 Å². The highest BCUT2D eigenvalue weighted by atomic mass is 19.4. The molecule has 3 N–H and O–H groups in total. The summed E-state index contributed by atoms with van der Waals surface area (Å²) in [6.45, 7) is 1.71. The van der Waals surface area contributed by atoms with Crippen LogP contribution in [0.3, 0.4) is 0 Å². The van der Waals surface area contributed by atoms with Gasteiger partial charge in [-0.3, -0.25) is 0 Å². The maximum absolute atomic E-state index is 12.8. The molecule has 0 atom stereocenters. The van der Waals surface area contributed by atoms with Gasteiger partial charge in [-0.25, -0.2) is 4.98 Å². The maximum Gasteiger partial charge on any atom is 0.421 e. The summed E-state index contributed by atoms with van der Waals surface area (Å²) in [5.41, 5.74) is 4.44. The average Bonchev–Trinajstić information content (AvgIpc) is 2.36. The number of ether oxygens (including phenoxy) is 1. The number of rotatable bonds is 3. The number of anilines is 2. The standard InChI is InChI=1S/C11H15F3N4O/c12-11(13,14)8-6-17-10(15)18-9(8)16-5-7-1-3-19-4-2-7/h6-7H,1-5H2,(H3,15,16,17,18). The average molecular weight is 276 g/mol. The lowest BCUT2D eigenvalue weighted by Crippen LogP contribution is -2.24. The van der Waals surface area contributed by atoms with Gasteiger partial charge in [0.25, 0.3) is 0 Å². The van der Waals surface area contributed by atoms with E-state index in [1.54, 1.807) is 0 Å². The number of nitrogens with two attached hydrogens (primary N) is 1. The molecule has 0 amide bonds. The largest absolute Gasteiger partial charge is 0.421 e. The number of hydrogen-bond donors (Lipinski definition) is 2. The minimum atomic E-state index is -4.49. The minimum absolute atomic E-state index is 0.178. The Morgan fingerprint density at radius 2 is 2.05 bits per heavy atom. The van der Waals surface area contributed by atoms with Crippen molar-refractivity contribution in [3.8, 4) is 0 Å². The Labute approximate surface area is 108 Å². The molecule has 0 aromatic carbocycles. The smallest absolute Gasteiger partial charge is 0.381 e. The van der Waals surface area contributed by atoms with E-state index in [1.807, 2.05) is 0 Å². The third-order valence-corrected chi connectivity index (χ3v) is 3.01. The fourth-order valence-electron chi connectivity index (χ4n) is 1.93. The van der Waals surface area contributed by atoms with Crippen LogP contribution < -0.4 is 11.1 Å². The molecule has 1 aromatic rings. The van der Waals surface area contributed by atoms with E-state index >= 15 is 0 Å². The molecule has 0 aliphatic carbocycles. The summed E-state index contributed by atoms with van der Waals surface area (Å²) in [5.74, 6) is -0.153. The van der Waals surface area contributed by atoms with Crippen LogP contribution in [-0.4, -0.2) is 29.7 Å². The number of nitrogen functional groups attached to an aromatic ring is 1. The van der Waals surface area contributed by atoms with Crippen LogP contribution in [0.2, 0.25) is 0 Å². The minimum Gasteiger partial charge on any atom is -0.381 e. The molecular formula is C11H15F3N4O. The molecule has 0 spiro atoms. The van der Waals surface area contributed by atoms with Crippen LogP contribution in [0.25, 0.3) is 0 Å². The molecule has 1 aromatic heterocycles. The number of aromatic nitrogens is 2. The van der Waals surface area contributed by atoms with Gasteiger partial charge in [0, 0.05) is 26.0 Å². The zero-order valence-electron chi connectivity index (χ0n) is 10.2. The molecule has 1 aliphatic rings. The van der Waals surface area contributed by atoms with Gasteiger partial charge in [-0.1, -0.05) is 0 Å². The monoisotopic (exact) mass is 276 g/mol. The van der Waals surface area contributed by atoms with E-state index in [2.05, 4.69) is 15.3 Å². The summed E-state index contributed by atoms with van der Waals surface area (Å²) in [4.78, 5) is 7.02. The van der Waals surface area contributed by atoms with Gasteiger partial charge >= 0.3 is 6.18 Å².